The molecule has 0 aliphatic heterocycles. The molecule has 3 heteroatoms. The monoisotopic (exact) mass is 400 g/mol. The van der Waals surface area contributed by atoms with E-state index in [4.69, 9.17) is 23.2 Å². The Labute approximate surface area is 173 Å². The van der Waals surface area contributed by atoms with Crippen molar-refractivity contribution in [3.8, 4) is 0 Å². The molecule has 0 nitrogen and oxygen atoms in total. The molecule has 0 fully saturated rings. The molecule has 0 bridgehead atoms. The molecule has 2 atom stereocenters. The van der Waals surface area contributed by atoms with Gasteiger partial charge in [0.15, 0.2) is 0 Å². The standard InChI is InChI=1S/C21H30Cl2.Ti/c1-11-13(3)17(22)20(9,15(11)5)19(7,8)21(10)16(6)12(2)14(4)18(21)23;/h1-10H3;. The van der Waals surface area contributed by atoms with Crippen LogP contribution in [0.3, 0.4) is 0 Å². The van der Waals surface area contributed by atoms with E-state index in [1.807, 2.05) is 0 Å². The zero-order chi connectivity index (χ0) is 18.1. The Hall–Kier alpha value is 0.254. The van der Waals surface area contributed by atoms with Gasteiger partial charge in [-0.3, -0.25) is 0 Å². The quantitative estimate of drug-likeness (QED) is 0.415. The van der Waals surface area contributed by atoms with Crippen LogP contribution in [-0.2, 0) is 21.7 Å². The Balaban J connectivity index is 0.00000288. The second-order valence-corrected chi connectivity index (χ2v) is 9.01. The first-order chi connectivity index (χ1) is 10.3. The molecule has 0 saturated carbocycles. The minimum Gasteiger partial charge on any atom is -0.0879 e. The number of hydrogen-bond acceptors (Lipinski definition) is 0. The Morgan fingerprint density at radius 1 is 0.625 bits per heavy atom. The van der Waals surface area contributed by atoms with Gasteiger partial charge in [-0.15, -0.1) is 0 Å². The predicted molar refractivity (Wildman–Crippen MR) is 104 cm³/mol. The molecule has 0 saturated heterocycles. The largest absolute Gasteiger partial charge is 0.0879 e. The van der Waals surface area contributed by atoms with Crippen LogP contribution in [-0.4, -0.2) is 0 Å². The summed E-state index contributed by atoms with van der Waals surface area (Å²) in [7, 11) is 0. The fourth-order valence-electron chi connectivity index (χ4n) is 4.71. The molecule has 0 amide bonds. The van der Waals surface area contributed by atoms with Crippen LogP contribution < -0.4 is 0 Å². The summed E-state index contributed by atoms with van der Waals surface area (Å²) < 4.78 is 0. The Kier molecular flexibility index (Phi) is 5.99. The van der Waals surface area contributed by atoms with E-state index in [1.54, 1.807) is 0 Å². The molecule has 132 valence electrons. The summed E-state index contributed by atoms with van der Waals surface area (Å²) in [6.45, 7) is 22.3. The van der Waals surface area contributed by atoms with Crippen molar-refractivity contribution in [1.82, 2.24) is 0 Å². The molecule has 2 aliphatic carbocycles. The summed E-state index contributed by atoms with van der Waals surface area (Å²) in [4.78, 5) is 0. The number of rotatable bonds is 2. The summed E-state index contributed by atoms with van der Waals surface area (Å²) in [5.41, 5.74) is 7.22. The van der Waals surface area contributed by atoms with Gasteiger partial charge in [-0.2, -0.15) is 0 Å². The van der Waals surface area contributed by atoms with Gasteiger partial charge in [0.2, 0.25) is 0 Å². The van der Waals surface area contributed by atoms with E-state index in [1.165, 1.54) is 33.4 Å². The normalized spacial score (nSPS) is 31.5. The van der Waals surface area contributed by atoms with Crippen LogP contribution >= 0.6 is 23.2 Å². The molecule has 0 aromatic heterocycles. The fraction of sp³-hybridized carbons (Fsp3) is 0.619. The molecule has 0 N–H and O–H groups in total. The van der Waals surface area contributed by atoms with Crippen molar-refractivity contribution in [2.75, 3.05) is 0 Å². The van der Waals surface area contributed by atoms with Gasteiger partial charge >= 0.3 is 0 Å². The topological polar surface area (TPSA) is 0 Å². The molecule has 2 rings (SSSR count). The minimum atomic E-state index is -0.218. The molecule has 2 unspecified atom stereocenters. The molecular weight excluding hydrogens is 371 g/mol. The summed E-state index contributed by atoms with van der Waals surface area (Å²) in [6.07, 6.45) is 0. The molecule has 0 aromatic rings. The Morgan fingerprint density at radius 3 is 1.04 bits per heavy atom. The third-order valence-electron chi connectivity index (χ3n) is 7.79. The van der Waals surface area contributed by atoms with Gasteiger partial charge in [-0.25, -0.2) is 0 Å². The third kappa shape index (κ3) is 2.29. The maximum Gasteiger partial charge on any atom is 0.0318 e. The zero-order valence-electron chi connectivity index (χ0n) is 16.8. The summed E-state index contributed by atoms with van der Waals surface area (Å²) in [5, 5.41) is 1.94. The summed E-state index contributed by atoms with van der Waals surface area (Å²) in [5.74, 6) is 0. The van der Waals surface area contributed by atoms with Crippen molar-refractivity contribution in [3.05, 3.63) is 43.5 Å². The number of allylic oxidation sites excluding steroid dienone is 8. The van der Waals surface area contributed by atoms with Gasteiger partial charge in [0.25, 0.3) is 0 Å². The van der Waals surface area contributed by atoms with Crippen LogP contribution in [0.5, 0.6) is 0 Å². The van der Waals surface area contributed by atoms with Gasteiger partial charge in [0.1, 0.15) is 0 Å². The van der Waals surface area contributed by atoms with E-state index in [0.717, 1.165) is 10.1 Å². The number of halogens is 2. The molecule has 0 heterocycles. The van der Waals surface area contributed by atoms with Crippen LogP contribution in [0.2, 0.25) is 0 Å². The summed E-state index contributed by atoms with van der Waals surface area (Å²) >= 11 is 13.8. The van der Waals surface area contributed by atoms with Crippen LogP contribution in [0.25, 0.3) is 0 Å². The van der Waals surface area contributed by atoms with E-state index >= 15 is 0 Å². The first-order valence-corrected chi connectivity index (χ1v) is 9.13. The Bertz CT molecular complexity index is 606. The molecular formula is C21H30Cl2Ti. The van der Waals surface area contributed by atoms with Crippen LogP contribution in [0.4, 0.5) is 0 Å². The van der Waals surface area contributed by atoms with Crippen LogP contribution in [0.1, 0.15) is 69.2 Å². The van der Waals surface area contributed by atoms with Crippen molar-refractivity contribution < 1.29 is 21.7 Å². The first-order valence-electron chi connectivity index (χ1n) is 8.38. The van der Waals surface area contributed by atoms with Crippen molar-refractivity contribution in [2.24, 2.45) is 16.2 Å². The van der Waals surface area contributed by atoms with Gasteiger partial charge < -0.3 is 0 Å². The van der Waals surface area contributed by atoms with Crippen molar-refractivity contribution in [1.29, 1.82) is 0 Å². The van der Waals surface area contributed by atoms with Gasteiger partial charge in [-0.05, 0) is 69.2 Å². The molecule has 2 aliphatic rings. The van der Waals surface area contributed by atoms with Gasteiger partial charge in [-0.1, -0.05) is 62.0 Å². The van der Waals surface area contributed by atoms with Crippen molar-refractivity contribution in [2.45, 2.75) is 69.2 Å². The predicted octanol–water partition coefficient (Wildman–Crippen LogP) is 7.75. The van der Waals surface area contributed by atoms with E-state index in [2.05, 4.69) is 69.2 Å². The molecule has 24 heavy (non-hydrogen) atoms. The fourth-order valence-corrected chi connectivity index (χ4v) is 5.75. The van der Waals surface area contributed by atoms with Crippen LogP contribution in [0.15, 0.2) is 43.5 Å². The molecule has 0 spiro atoms. The molecule has 0 radical (unpaired) electrons. The minimum absolute atomic E-state index is 0. The van der Waals surface area contributed by atoms with E-state index < -0.39 is 0 Å². The smallest absolute Gasteiger partial charge is 0.0318 e. The SMILES string of the molecule is CC1=C(C)C(C)(C(C)(C)C2(C)C(C)=C(C)C(C)=C2Cl)C(Cl)=C1C.[Ti]. The Morgan fingerprint density at radius 2 is 0.875 bits per heavy atom. The van der Waals surface area contributed by atoms with Crippen molar-refractivity contribution >= 4 is 23.2 Å². The second kappa shape index (κ2) is 6.45. The van der Waals surface area contributed by atoms with Crippen LogP contribution in [0, 0.1) is 16.2 Å². The molecule has 0 aromatic carbocycles. The maximum absolute atomic E-state index is 6.92. The average molecular weight is 401 g/mol. The van der Waals surface area contributed by atoms with Gasteiger partial charge in [0, 0.05) is 42.6 Å². The second-order valence-electron chi connectivity index (χ2n) is 8.25. The van der Waals surface area contributed by atoms with Crippen molar-refractivity contribution in [3.63, 3.8) is 0 Å². The zero-order valence-corrected chi connectivity index (χ0v) is 19.8. The maximum atomic E-state index is 6.92. The van der Waals surface area contributed by atoms with E-state index in [9.17, 15) is 0 Å². The van der Waals surface area contributed by atoms with E-state index in [0.29, 0.717) is 0 Å². The number of hydrogen-bond donors (Lipinski definition) is 0. The first kappa shape index (κ1) is 22.3. The third-order valence-corrected chi connectivity index (χ3v) is 9.11. The van der Waals surface area contributed by atoms with E-state index in [-0.39, 0.29) is 38.0 Å². The van der Waals surface area contributed by atoms with Gasteiger partial charge in [0.05, 0.1) is 0 Å². The average Bonchev–Trinajstić information content (AvgIpc) is 2.76. The summed E-state index contributed by atoms with van der Waals surface area (Å²) in [6, 6.07) is 0.